The van der Waals surface area contributed by atoms with Gasteiger partial charge in [0.25, 0.3) is 0 Å². The number of nitrogens with zero attached hydrogens (tertiary/aromatic N) is 4. The third-order valence-electron chi connectivity index (χ3n) is 4.86. The lowest BCUT2D eigenvalue weighted by molar-refractivity contribution is -0.113. The van der Waals surface area contributed by atoms with Gasteiger partial charge in [0.15, 0.2) is 16.1 Å². The minimum atomic E-state index is -0.176. The number of carbonyl (C=O) groups is 1. The third kappa shape index (κ3) is 5.49. The summed E-state index contributed by atoms with van der Waals surface area (Å²) >= 11 is 8.87. The quantitative estimate of drug-likeness (QED) is 0.221. The van der Waals surface area contributed by atoms with Gasteiger partial charge in [0.1, 0.15) is 5.75 Å². The van der Waals surface area contributed by atoms with Crippen molar-refractivity contribution in [3.05, 3.63) is 71.1 Å². The molecule has 34 heavy (non-hydrogen) atoms. The number of nitrogens with one attached hydrogen (secondary N) is 1. The van der Waals surface area contributed by atoms with Gasteiger partial charge < -0.3 is 10.1 Å². The number of thioether (sulfide) groups is 1. The Kier molecular flexibility index (Phi) is 7.66. The fourth-order valence-electron chi connectivity index (χ4n) is 3.22. The monoisotopic (exact) mass is 511 g/mol. The zero-order chi connectivity index (χ0) is 24.1. The molecule has 4 aromatic rings. The highest BCUT2D eigenvalue weighted by Gasteiger charge is 2.19. The second kappa shape index (κ2) is 10.9. The van der Waals surface area contributed by atoms with Gasteiger partial charge >= 0.3 is 0 Å². The first kappa shape index (κ1) is 24.0. The molecule has 0 fully saturated rings. The van der Waals surface area contributed by atoms with Crippen LogP contribution in [0.1, 0.15) is 5.56 Å². The van der Waals surface area contributed by atoms with E-state index in [1.165, 1.54) is 28.7 Å². The first-order valence-corrected chi connectivity index (χ1v) is 12.6. The molecule has 174 valence electrons. The molecule has 0 unspecified atom stereocenters. The van der Waals surface area contributed by atoms with Gasteiger partial charge in [-0.05, 0) is 25.1 Å². The molecule has 2 heterocycles. The number of hydrogen-bond acceptors (Lipinski definition) is 7. The van der Waals surface area contributed by atoms with Crippen LogP contribution in [0.15, 0.2) is 65.7 Å². The van der Waals surface area contributed by atoms with Crippen LogP contribution in [0.3, 0.4) is 0 Å². The molecular formula is C24H22ClN5O2S2. The molecule has 2 aromatic heterocycles. The Morgan fingerprint density at radius 3 is 2.79 bits per heavy atom. The Hall–Kier alpha value is -3.14. The topological polar surface area (TPSA) is 81.9 Å². The lowest BCUT2D eigenvalue weighted by Crippen LogP contribution is -2.14. The number of hydrogen-bond donors (Lipinski definition) is 1. The minimum absolute atomic E-state index is 0.154. The molecular weight excluding hydrogens is 490 g/mol. The summed E-state index contributed by atoms with van der Waals surface area (Å²) in [5, 5.41) is 15.1. The van der Waals surface area contributed by atoms with Gasteiger partial charge in [0.05, 0.1) is 24.1 Å². The van der Waals surface area contributed by atoms with Gasteiger partial charge in [-0.2, -0.15) is 0 Å². The van der Waals surface area contributed by atoms with Crippen molar-refractivity contribution in [3.8, 4) is 28.4 Å². The van der Waals surface area contributed by atoms with Crippen molar-refractivity contribution < 1.29 is 9.53 Å². The van der Waals surface area contributed by atoms with Crippen molar-refractivity contribution in [2.45, 2.75) is 18.6 Å². The number of anilines is 1. The Balaban J connectivity index is 1.46. The highest BCUT2D eigenvalue weighted by Crippen LogP contribution is 2.33. The molecule has 0 saturated carbocycles. The van der Waals surface area contributed by atoms with E-state index in [1.54, 1.807) is 31.4 Å². The maximum Gasteiger partial charge on any atom is 0.236 e. The minimum Gasteiger partial charge on any atom is -0.496 e. The van der Waals surface area contributed by atoms with E-state index in [4.69, 9.17) is 16.3 Å². The van der Waals surface area contributed by atoms with Crippen molar-refractivity contribution in [3.63, 3.8) is 0 Å². The number of ether oxygens (including phenoxy) is 1. The lowest BCUT2D eigenvalue weighted by atomic mass is 10.1. The summed E-state index contributed by atoms with van der Waals surface area (Å²) in [6, 6.07) is 13.4. The maximum absolute atomic E-state index is 12.6. The number of aryl methyl sites for hydroxylation is 1. The highest BCUT2D eigenvalue weighted by atomic mass is 35.5. The van der Waals surface area contributed by atoms with Crippen molar-refractivity contribution in [2.24, 2.45) is 0 Å². The molecule has 0 aliphatic heterocycles. The Labute approximate surface area is 210 Å². The van der Waals surface area contributed by atoms with Crippen LogP contribution in [-0.2, 0) is 11.3 Å². The summed E-state index contributed by atoms with van der Waals surface area (Å²) in [6.07, 6.45) is 1.75. The molecule has 0 aliphatic carbocycles. The molecule has 0 aliphatic rings. The number of methoxy groups -OCH3 is 1. The van der Waals surface area contributed by atoms with E-state index >= 15 is 0 Å². The van der Waals surface area contributed by atoms with Crippen LogP contribution in [0, 0.1) is 6.92 Å². The zero-order valence-electron chi connectivity index (χ0n) is 18.6. The SMILES string of the molecule is C=CCn1c(SCC(=O)Nc2nc(-c3ccc(C)cc3)cs2)nnc1-c1cc(Cl)ccc1OC. The van der Waals surface area contributed by atoms with Gasteiger partial charge in [0.2, 0.25) is 5.91 Å². The summed E-state index contributed by atoms with van der Waals surface area (Å²) in [4.78, 5) is 17.1. The fraction of sp³-hybridized carbons (Fsp3) is 0.167. The van der Waals surface area contributed by atoms with Crippen molar-refractivity contribution in [1.82, 2.24) is 19.7 Å². The molecule has 0 spiro atoms. The van der Waals surface area contributed by atoms with E-state index in [0.29, 0.717) is 39.0 Å². The normalized spacial score (nSPS) is 10.8. The predicted molar refractivity (Wildman–Crippen MR) is 139 cm³/mol. The third-order valence-corrected chi connectivity index (χ3v) is 6.82. The first-order chi connectivity index (χ1) is 16.5. The van der Waals surface area contributed by atoms with Crippen LogP contribution in [0.2, 0.25) is 5.02 Å². The second-order valence-electron chi connectivity index (χ2n) is 7.29. The number of halogens is 1. The number of carbonyl (C=O) groups excluding carboxylic acids is 1. The number of rotatable bonds is 9. The summed E-state index contributed by atoms with van der Waals surface area (Å²) in [6.45, 7) is 6.33. The van der Waals surface area contributed by atoms with Crippen molar-refractivity contribution in [1.29, 1.82) is 0 Å². The molecule has 0 atom stereocenters. The van der Waals surface area contributed by atoms with E-state index in [9.17, 15) is 4.79 Å². The Morgan fingerprint density at radius 1 is 1.26 bits per heavy atom. The van der Waals surface area contributed by atoms with Crippen molar-refractivity contribution >= 4 is 45.7 Å². The van der Waals surface area contributed by atoms with Gasteiger partial charge in [-0.3, -0.25) is 9.36 Å². The van der Waals surface area contributed by atoms with Crippen LogP contribution in [0.4, 0.5) is 5.13 Å². The van der Waals surface area contributed by atoms with Gasteiger partial charge in [0, 0.05) is 22.5 Å². The average Bonchev–Trinajstić information content (AvgIpc) is 3.45. The second-order valence-corrected chi connectivity index (χ2v) is 9.53. The summed E-state index contributed by atoms with van der Waals surface area (Å²) in [5.41, 5.74) is 3.75. The first-order valence-electron chi connectivity index (χ1n) is 10.3. The molecule has 7 nitrogen and oxygen atoms in total. The summed E-state index contributed by atoms with van der Waals surface area (Å²) < 4.78 is 7.33. The van der Waals surface area contributed by atoms with Crippen LogP contribution < -0.4 is 10.1 Å². The molecule has 10 heteroatoms. The largest absolute Gasteiger partial charge is 0.496 e. The van der Waals surface area contributed by atoms with E-state index in [2.05, 4.69) is 27.1 Å². The molecule has 1 N–H and O–H groups in total. The maximum atomic E-state index is 12.6. The van der Waals surface area contributed by atoms with Crippen LogP contribution in [0.25, 0.3) is 22.6 Å². The smallest absolute Gasteiger partial charge is 0.236 e. The standard InChI is InChI=1S/C24H22ClN5O2S2/c1-4-11-30-22(18-12-17(25)9-10-20(18)32-3)28-29-24(30)34-14-21(31)27-23-26-19(13-33-23)16-7-5-15(2)6-8-16/h4-10,12-13H,1,11,14H2,2-3H3,(H,26,27,31). The lowest BCUT2D eigenvalue weighted by Gasteiger charge is -2.11. The number of allylic oxidation sites excluding steroid dienone is 1. The van der Waals surface area contributed by atoms with E-state index in [1.807, 2.05) is 41.1 Å². The molecule has 0 bridgehead atoms. The van der Waals surface area contributed by atoms with Crippen LogP contribution >= 0.6 is 34.7 Å². The van der Waals surface area contributed by atoms with Crippen molar-refractivity contribution in [2.75, 3.05) is 18.2 Å². The van der Waals surface area contributed by atoms with E-state index in [-0.39, 0.29) is 11.7 Å². The predicted octanol–water partition coefficient (Wildman–Crippen LogP) is 5.96. The Morgan fingerprint density at radius 2 is 2.06 bits per heavy atom. The highest BCUT2D eigenvalue weighted by molar-refractivity contribution is 7.99. The number of thiazole rings is 1. The molecule has 0 saturated heterocycles. The molecule has 1 amide bonds. The number of aromatic nitrogens is 4. The van der Waals surface area contributed by atoms with E-state index < -0.39 is 0 Å². The van der Waals surface area contributed by atoms with Gasteiger partial charge in [-0.15, -0.1) is 28.1 Å². The zero-order valence-corrected chi connectivity index (χ0v) is 21.0. The van der Waals surface area contributed by atoms with Crippen LogP contribution in [-0.4, -0.2) is 38.5 Å². The van der Waals surface area contributed by atoms with Crippen LogP contribution in [0.5, 0.6) is 5.75 Å². The molecule has 4 rings (SSSR count). The number of amides is 1. The summed E-state index contributed by atoms with van der Waals surface area (Å²) in [7, 11) is 1.59. The molecule has 2 aromatic carbocycles. The van der Waals surface area contributed by atoms with Gasteiger partial charge in [-0.1, -0.05) is 59.3 Å². The van der Waals surface area contributed by atoms with Gasteiger partial charge in [-0.25, -0.2) is 4.98 Å². The van der Waals surface area contributed by atoms with E-state index in [0.717, 1.165) is 11.3 Å². The number of benzene rings is 2. The molecule has 0 radical (unpaired) electrons. The summed E-state index contributed by atoms with van der Waals surface area (Å²) in [5.74, 6) is 1.20. The average molecular weight is 512 g/mol. The fourth-order valence-corrected chi connectivity index (χ4v) is 4.87. The Bertz CT molecular complexity index is 1320.